The van der Waals surface area contributed by atoms with Gasteiger partial charge >= 0.3 is 0 Å². The van der Waals surface area contributed by atoms with Crippen LogP contribution in [0.4, 0.5) is 0 Å². The molecular weight excluding hydrogens is 230 g/mol. The molecule has 70 valence electrons. The number of hydrogen-bond donors (Lipinski definition) is 0. The molecule has 0 saturated heterocycles. The van der Waals surface area contributed by atoms with Crippen LogP contribution in [0.2, 0.25) is 15.1 Å². The fourth-order valence-electron chi connectivity index (χ4n) is 0.971. The number of carbonyl (C=O) groups is 1. The summed E-state index contributed by atoms with van der Waals surface area (Å²) in [6.45, 7) is 1.50. The van der Waals surface area contributed by atoms with Gasteiger partial charge < -0.3 is 0 Å². The minimum absolute atomic E-state index is 0.0419. The van der Waals surface area contributed by atoms with Crippen LogP contribution in [0.15, 0.2) is 12.1 Å². The van der Waals surface area contributed by atoms with E-state index in [1.165, 1.54) is 6.92 Å². The zero-order valence-corrected chi connectivity index (χ0v) is 9.17. The maximum Gasteiger partial charge on any atom is 0.134 e. The molecule has 0 spiro atoms. The molecular formula is C9H7Cl3O. The third-order valence-electron chi connectivity index (χ3n) is 1.55. The van der Waals surface area contributed by atoms with E-state index >= 15 is 0 Å². The third kappa shape index (κ3) is 2.60. The second-order valence-electron chi connectivity index (χ2n) is 2.71. The van der Waals surface area contributed by atoms with Gasteiger partial charge in [0, 0.05) is 6.42 Å². The Bertz CT molecular complexity index is 347. The third-order valence-corrected chi connectivity index (χ3v) is 2.89. The van der Waals surface area contributed by atoms with Crippen molar-refractivity contribution in [3.8, 4) is 0 Å². The van der Waals surface area contributed by atoms with Crippen LogP contribution < -0.4 is 0 Å². The summed E-state index contributed by atoms with van der Waals surface area (Å²) in [6, 6.07) is 3.34. The predicted octanol–water partition coefficient (Wildman–Crippen LogP) is 3.78. The topological polar surface area (TPSA) is 17.1 Å². The van der Waals surface area contributed by atoms with Crippen LogP contribution >= 0.6 is 34.8 Å². The Kier molecular flexibility index (Phi) is 3.60. The Balaban J connectivity index is 3.10. The number of Topliss-reactive ketones (excluding diaryl/α,β-unsaturated/α-hetero) is 1. The molecule has 0 aliphatic rings. The number of benzene rings is 1. The van der Waals surface area contributed by atoms with Crippen molar-refractivity contribution < 1.29 is 4.79 Å². The largest absolute Gasteiger partial charge is 0.300 e. The highest BCUT2D eigenvalue weighted by molar-refractivity contribution is 6.48. The van der Waals surface area contributed by atoms with Gasteiger partial charge in [-0.3, -0.25) is 4.79 Å². The molecule has 0 N–H and O–H groups in total. The normalized spacial score (nSPS) is 10.2. The summed E-state index contributed by atoms with van der Waals surface area (Å²) in [6.07, 6.45) is 0.287. The van der Waals surface area contributed by atoms with Crippen molar-refractivity contribution in [3.05, 3.63) is 32.8 Å². The maximum absolute atomic E-state index is 10.8. The standard InChI is InChI=1S/C9H7Cl3O/c1-5(13)4-6-2-3-7(10)9(12)8(6)11/h2-3H,4H2,1H3. The molecule has 0 saturated carbocycles. The SMILES string of the molecule is CC(=O)Cc1ccc(Cl)c(Cl)c1Cl. The highest BCUT2D eigenvalue weighted by atomic mass is 35.5. The van der Waals surface area contributed by atoms with Crippen molar-refractivity contribution in [2.45, 2.75) is 13.3 Å². The minimum Gasteiger partial charge on any atom is -0.300 e. The van der Waals surface area contributed by atoms with Gasteiger partial charge in [0.05, 0.1) is 15.1 Å². The Morgan fingerprint density at radius 3 is 2.38 bits per heavy atom. The summed E-state index contributed by atoms with van der Waals surface area (Å²) >= 11 is 17.4. The van der Waals surface area contributed by atoms with Crippen molar-refractivity contribution in [3.63, 3.8) is 0 Å². The monoisotopic (exact) mass is 236 g/mol. The molecule has 0 unspecified atom stereocenters. The first kappa shape index (κ1) is 10.8. The molecule has 0 radical (unpaired) electrons. The molecule has 1 aromatic rings. The summed E-state index contributed by atoms with van der Waals surface area (Å²) in [5.41, 5.74) is 0.712. The molecule has 4 heteroatoms. The molecule has 0 aromatic heterocycles. The van der Waals surface area contributed by atoms with Gasteiger partial charge in [-0.15, -0.1) is 0 Å². The van der Waals surface area contributed by atoms with Gasteiger partial charge in [-0.2, -0.15) is 0 Å². The second-order valence-corrected chi connectivity index (χ2v) is 3.88. The summed E-state index contributed by atoms with van der Waals surface area (Å²) in [7, 11) is 0. The fourth-order valence-corrected chi connectivity index (χ4v) is 1.59. The van der Waals surface area contributed by atoms with Crippen LogP contribution in [0.5, 0.6) is 0 Å². The maximum atomic E-state index is 10.8. The molecule has 0 amide bonds. The van der Waals surface area contributed by atoms with Gasteiger partial charge in [0.15, 0.2) is 0 Å². The van der Waals surface area contributed by atoms with E-state index in [1.807, 2.05) is 0 Å². The zero-order chi connectivity index (χ0) is 10.0. The molecule has 0 fully saturated rings. The average molecular weight is 238 g/mol. The molecule has 1 nitrogen and oxygen atoms in total. The minimum atomic E-state index is 0.0419. The Morgan fingerprint density at radius 1 is 1.23 bits per heavy atom. The molecule has 1 aromatic carbocycles. The van der Waals surface area contributed by atoms with E-state index in [9.17, 15) is 4.79 Å². The van der Waals surface area contributed by atoms with E-state index in [-0.39, 0.29) is 12.2 Å². The van der Waals surface area contributed by atoms with Crippen molar-refractivity contribution in [2.75, 3.05) is 0 Å². The first-order valence-electron chi connectivity index (χ1n) is 3.64. The molecule has 0 atom stereocenters. The van der Waals surface area contributed by atoms with E-state index in [4.69, 9.17) is 34.8 Å². The van der Waals surface area contributed by atoms with Gasteiger partial charge in [0.25, 0.3) is 0 Å². The van der Waals surface area contributed by atoms with Gasteiger partial charge in [0.1, 0.15) is 5.78 Å². The smallest absolute Gasteiger partial charge is 0.134 e. The van der Waals surface area contributed by atoms with Crippen molar-refractivity contribution in [2.24, 2.45) is 0 Å². The lowest BCUT2D eigenvalue weighted by Gasteiger charge is -2.04. The first-order chi connectivity index (χ1) is 6.02. The molecule has 0 aliphatic carbocycles. The quantitative estimate of drug-likeness (QED) is 0.716. The molecule has 0 heterocycles. The van der Waals surface area contributed by atoms with Gasteiger partial charge in [-0.1, -0.05) is 40.9 Å². The number of rotatable bonds is 2. The average Bonchev–Trinajstić information content (AvgIpc) is 2.06. The van der Waals surface area contributed by atoms with Crippen LogP contribution in [0.3, 0.4) is 0 Å². The Morgan fingerprint density at radius 2 is 1.85 bits per heavy atom. The number of halogens is 3. The lowest BCUT2D eigenvalue weighted by molar-refractivity contribution is -0.116. The molecule has 0 bridgehead atoms. The Labute approximate surface area is 91.6 Å². The highest BCUT2D eigenvalue weighted by Gasteiger charge is 2.09. The summed E-state index contributed by atoms with van der Waals surface area (Å²) in [4.78, 5) is 10.8. The summed E-state index contributed by atoms with van der Waals surface area (Å²) in [5.74, 6) is 0.0419. The van der Waals surface area contributed by atoms with Gasteiger partial charge in [0.2, 0.25) is 0 Å². The predicted molar refractivity (Wildman–Crippen MR) is 55.9 cm³/mol. The van der Waals surface area contributed by atoms with Crippen molar-refractivity contribution in [1.82, 2.24) is 0 Å². The summed E-state index contributed by atoms with van der Waals surface area (Å²) in [5, 5.41) is 1.07. The van der Waals surface area contributed by atoms with Crippen LogP contribution in [0.1, 0.15) is 12.5 Å². The number of ketones is 1. The highest BCUT2D eigenvalue weighted by Crippen LogP contribution is 2.32. The molecule has 13 heavy (non-hydrogen) atoms. The molecule has 0 aliphatic heterocycles. The van der Waals surface area contributed by atoms with E-state index < -0.39 is 0 Å². The van der Waals surface area contributed by atoms with Crippen LogP contribution in [-0.2, 0) is 11.2 Å². The summed E-state index contributed by atoms with van der Waals surface area (Å²) < 4.78 is 0. The van der Waals surface area contributed by atoms with Gasteiger partial charge in [-0.25, -0.2) is 0 Å². The van der Waals surface area contributed by atoms with E-state index in [1.54, 1.807) is 12.1 Å². The fraction of sp³-hybridized carbons (Fsp3) is 0.222. The van der Waals surface area contributed by atoms with Gasteiger partial charge in [-0.05, 0) is 18.6 Å². The zero-order valence-electron chi connectivity index (χ0n) is 6.90. The first-order valence-corrected chi connectivity index (χ1v) is 4.77. The molecule has 1 rings (SSSR count). The van der Waals surface area contributed by atoms with E-state index in [0.717, 1.165) is 0 Å². The second kappa shape index (κ2) is 4.32. The van der Waals surface area contributed by atoms with Crippen LogP contribution in [0.25, 0.3) is 0 Å². The number of carbonyl (C=O) groups excluding carboxylic acids is 1. The lowest BCUT2D eigenvalue weighted by Crippen LogP contribution is -1.97. The van der Waals surface area contributed by atoms with Crippen molar-refractivity contribution >= 4 is 40.6 Å². The number of hydrogen-bond acceptors (Lipinski definition) is 1. The van der Waals surface area contributed by atoms with Crippen LogP contribution in [0, 0.1) is 0 Å². The van der Waals surface area contributed by atoms with Crippen LogP contribution in [-0.4, -0.2) is 5.78 Å². The Hall–Kier alpha value is -0.240. The lowest BCUT2D eigenvalue weighted by atomic mass is 10.1. The van der Waals surface area contributed by atoms with Crippen molar-refractivity contribution in [1.29, 1.82) is 0 Å². The van der Waals surface area contributed by atoms with E-state index in [2.05, 4.69) is 0 Å². The van der Waals surface area contributed by atoms with E-state index in [0.29, 0.717) is 20.6 Å².